The van der Waals surface area contributed by atoms with E-state index in [1.165, 1.54) is 37.6 Å². The first-order valence-electron chi connectivity index (χ1n) is 13.7. The first-order valence-corrected chi connectivity index (χ1v) is 14.9. The van der Waals surface area contributed by atoms with Crippen molar-refractivity contribution in [1.82, 2.24) is 0 Å². The Bertz CT molecular complexity index is 1670. The summed E-state index contributed by atoms with van der Waals surface area (Å²) in [6.45, 7) is 4.92. The van der Waals surface area contributed by atoms with Crippen molar-refractivity contribution in [3.63, 3.8) is 0 Å². The third-order valence-electron chi connectivity index (χ3n) is 6.36. The van der Waals surface area contributed by atoms with E-state index < -0.39 is 15.7 Å². The van der Waals surface area contributed by atoms with E-state index in [9.17, 15) is 28.8 Å². The molecule has 0 amide bonds. The van der Waals surface area contributed by atoms with Gasteiger partial charge in [0.25, 0.3) is 15.7 Å². The van der Waals surface area contributed by atoms with Gasteiger partial charge in [0.05, 0.1) is 0 Å². The van der Waals surface area contributed by atoms with Gasteiger partial charge < -0.3 is 11.5 Å². The van der Waals surface area contributed by atoms with Gasteiger partial charge in [-0.25, -0.2) is 0 Å². The third-order valence-corrected chi connectivity index (χ3v) is 7.01. The summed E-state index contributed by atoms with van der Waals surface area (Å²) in [5.74, 6) is -0.408. The highest BCUT2D eigenvalue weighted by atomic mass is 35.5. The van der Waals surface area contributed by atoms with Crippen LogP contribution in [-0.2, 0) is 12.8 Å². The fourth-order valence-corrected chi connectivity index (χ4v) is 4.30. The van der Waals surface area contributed by atoms with Crippen LogP contribution in [0.3, 0.4) is 0 Å². The Morgan fingerprint density at radius 1 is 0.522 bits per heavy atom. The molecule has 0 spiro atoms. The molecule has 0 saturated carbocycles. The van der Waals surface area contributed by atoms with Gasteiger partial charge in [0.2, 0.25) is 0 Å². The fourth-order valence-electron chi connectivity index (χ4n) is 3.97. The molecule has 0 atom stereocenters. The van der Waals surface area contributed by atoms with Crippen molar-refractivity contribution in [2.24, 2.45) is 0 Å². The number of hydrogen-bond donors (Lipinski definition) is 2. The second-order valence-corrected chi connectivity index (χ2v) is 11.0. The van der Waals surface area contributed by atoms with E-state index in [0.717, 1.165) is 12.0 Å². The van der Waals surface area contributed by atoms with Crippen LogP contribution in [0.4, 0.5) is 11.4 Å². The standard InChI is InChI=1S/C20H20O3.C9H3Cl3O3.C6H8N2/c1-4-15-6-5-7-16(8-15)9-20(23)19-11-17(13(2)21)10-18(12-19)14(3)22;10-7(13)4-1-5(8(11)14)3-6(2-4)9(12)15;7-5-2-1-3-6(8)4-5/h5-8,10-12H,4,9H2,1-3H3;1-3H;1-4H,7-8H2. The van der Waals surface area contributed by atoms with Crippen LogP contribution in [0.2, 0.25) is 0 Å². The van der Waals surface area contributed by atoms with Crippen LogP contribution in [0.15, 0.2) is 84.9 Å². The van der Waals surface area contributed by atoms with Gasteiger partial charge in [-0.05, 0) is 121 Å². The number of ketones is 3. The molecule has 0 aromatic heterocycles. The lowest BCUT2D eigenvalue weighted by Crippen LogP contribution is -2.08. The fraction of sp³-hybridized carbons (Fsp3) is 0.143. The largest absolute Gasteiger partial charge is 0.399 e. The van der Waals surface area contributed by atoms with Gasteiger partial charge in [-0.1, -0.05) is 37.3 Å². The molecule has 0 saturated heterocycles. The molecule has 4 N–H and O–H groups in total. The van der Waals surface area contributed by atoms with E-state index in [2.05, 4.69) is 6.92 Å². The summed E-state index contributed by atoms with van der Waals surface area (Å²) in [6, 6.07) is 23.3. The topological polar surface area (TPSA) is 154 Å². The van der Waals surface area contributed by atoms with Gasteiger partial charge in [0.15, 0.2) is 17.3 Å². The van der Waals surface area contributed by atoms with Gasteiger partial charge in [0.1, 0.15) is 0 Å². The van der Waals surface area contributed by atoms with Crippen LogP contribution in [0.5, 0.6) is 0 Å². The van der Waals surface area contributed by atoms with Gasteiger partial charge >= 0.3 is 0 Å². The summed E-state index contributed by atoms with van der Waals surface area (Å²) in [4.78, 5) is 68.3. The summed E-state index contributed by atoms with van der Waals surface area (Å²) >= 11 is 15.6. The minimum Gasteiger partial charge on any atom is -0.399 e. The molecular weight excluding hydrogens is 651 g/mol. The molecular formula is C35H31Cl3N2O6. The molecule has 8 nitrogen and oxygen atoms in total. The number of hydrogen-bond acceptors (Lipinski definition) is 8. The first kappa shape index (κ1) is 37.6. The van der Waals surface area contributed by atoms with E-state index in [4.69, 9.17) is 46.3 Å². The average molecular weight is 682 g/mol. The molecule has 46 heavy (non-hydrogen) atoms. The maximum absolute atomic E-state index is 12.5. The van der Waals surface area contributed by atoms with E-state index in [-0.39, 0.29) is 40.5 Å². The lowest BCUT2D eigenvalue weighted by Gasteiger charge is -2.07. The van der Waals surface area contributed by atoms with Gasteiger partial charge in [-0.15, -0.1) is 0 Å². The normalized spacial score (nSPS) is 9.96. The quantitative estimate of drug-likeness (QED) is 0.103. The molecule has 11 heteroatoms. The number of halogens is 3. The number of aryl methyl sites for hydroxylation is 1. The van der Waals surface area contributed by atoms with E-state index in [1.54, 1.807) is 36.4 Å². The Kier molecular flexibility index (Phi) is 14.5. The Hall–Kier alpha value is -4.63. The predicted molar refractivity (Wildman–Crippen MR) is 183 cm³/mol. The lowest BCUT2D eigenvalue weighted by molar-refractivity contribution is 0.0990. The average Bonchev–Trinajstić information content (AvgIpc) is 3.01. The molecule has 4 aromatic rings. The second-order valence-electron chi connectivity index (χ2n) is 9.98. The molecule has 0 aliphatic carbocycles. The summed E-state index contributed by atoms with van der Waals surface area (Å²) < 4.78 is 0. The molecule has 4 rings (SSSR count). The molecule has 0 radical (unpaired) electrons. The van der Waals surface area contributed by atoms with Crippen molar-refractivity contribution in [3.05, 3.63) is 129 Å². The number of carbonyl (C=O) groups excluding carboxylic acids is 6. The van der Waals surface area contributed by atoms with E-state index in [1.807, 2.05) is 30.3 Å². The number of nitrogen functional groups attached to an aromatic ring is 2. The van der Waals surface area contributed by atoms with Crippen LogP contribution >= 0.6 is 34.8 Å². The summed E-state index contributed by atoms with van der Waals surface area (Å²) in [6.07, 6.45) is 1.17. The summed E-state index contributed by atoms with van der Waals surface area (Å²) in [7, 11) is 0. The van der Waals surface area contributed by atoms with Gasteiger partial charge in [0, 0.05) is 51.2 Å². The van der Waals surface area contributed by atoms with Crippen molar-refractivity contribution >= 4 is 79.3 Å². The SMILES string of the molecule is CCc1cccc(CC(=O)c2cc(C(C)=O)cc(C(C)=O)c2)c1.Nc1cccc(N)c1.O=C(Cl)c1cc(C(=O)Cl)cc(C(=O)Cl)c1. The number of anilines is 2. The van der Waals surface area contributed by atoms with Crippen LogP contribution < -0.4 is 11.5 Å². The summed E-state index contributed by atoms with van der Waals surface area (Å²) in [5.41, 5.74) is 15.5. The first-order chi connectivity index (χ1) is 21.6. The zero-order valence-corrected chi connectivity index (χ0v) is 27.5. The summed E-state index contributed by atoms with van der Waals surface area (Å²) in [5, 5.41) is -2.39. The minimum atomic E-state index is -0.797. The van der Waals surface area contributed by atoms with Gasteiger partial charge in [-0.3, -0.25) is 28.8 Å². The number of Topliss-reactive ketones (excluding diaryl/α,β-unsaturated/α-hetero) is 3. The van der Waals surface area contributed by atoms with Crippen LogP contribution in [0.1, 0.15) is 94.0 Å². The molecule has 0 heterocycles. The van der Waals surface area contributed by atoms with Crippen molar-refractivity contribution in [2.75, 3.05) is 11.5 Å². The van der Waals surface area contributed by atoms with Crippen molar-refractivity contribution in [1.29, 1.82) is 0 Å². The highest BCUT2D eigenvalue weighted by Crippen LogP contribution is 2.17. The Balaban J connectivity index is 0.000000272. The minimum absolute atomic E-state index is 0.00725. The number of benzene rings is 4. The smallest absolute Gasteiger partial charge is 0.252 e. The molecule has 0 fully saturated rings. The molecule has 4 aromatic carbocycles. The van der Waals surface area contributed by atoms with Crippen LogP contribution in [-0.4, -0.2) is 33.1 Å². The molecule has 0 aliphatic heterocycles. The highest BCUT2D eigenvalue weighted by molar-refractivity contribution is 6.70. The zero-order chi connectivity index (χ0) is 34.6. The molecule has 0 unspecified atom stereocenters. The zero-order valence-electron chi connectivity index (χ0n) is 25.2. The van der Waals surface area contributed by atoms with Crippen LogP contribution in [0, 0.1) is 0 Å². The molecule has 0 bridgehead atoms. The Morgan fingerprint density at radius 3 is 1.24 bits per heavy atom. The van der Waals surface area contributed by atoms with Crippen LogP contribution in [0.25, 0.3) is 0 Å². The van der Waals surface area contributed by atoms with Crippen molar-refractivity contribution in [2.45, 2.75) is 33.6 Å². The van der Waals surface area contributed by atoms with Crippen molar-refractivity contribution in [3.8, 4) is 0 Å². The number of nitrogens with two attached hydrogens (primary N) is 2. The van der Waals surface area contributed by atoms with E-state index in [0.29, 0.717) is 28.1 Å². The maximum atomic E-state index is 12.5. The van der Waals surface area contributed by atoms with Gasteiger partial charge in [-0.2, -0.15) is 0 Å². The Labute approximate surface area is 281 Å². The molecule has 0 aliphatic rings. The molecule has 238 valence electrons. The maximum Gasteiger partial charge on any atom is 0.252 e. The number of carbonyl (C=O) groups is 6. The second kappa shape index (κ2) is 17.8. The number of rotatable bonds is 9. The Morgan fingerprint density at radius 2 is 0.891 bits per heavy atom. The third kappa shape index (κ3) is 12.0. The van der Waals surface area contributed by atoms with E-state index >= 15 is 0 Å². The lowest BCUT2D eigenvalue weighted by atomic mass is 9.95. The highest BCUT2D eigenvalue weighted by Gasteiger charge is 2.14. The monoisotopic (exact) mass is 680 g/mol. The predicted octanol–water partition coefficient (Wildman–Crippen LogP) is 7.75. The van der Waals surface area contributed by atoms with Crippen molar-refractivity contribution < 1.29 is 28.8 Å².